The van der Waals surface area contributed by atoms with Gasteiger partial charge in [-0.25, -0.2) is 0 Å². The van der Waals surface area contributed by atoms with Crippen LogP contribution in [0.4, 0.5) is 0 Å². The maximum Gasteiger partial charge on any atom is 0.246 e. The Bertz CT molecular complexity index is 1560. The number of nitrogens with one attached hydrogen (secondary N) is 2. The lowest BCUT2D eigenvalue weighted by Gasteiger charge is -2.36. The van der Waals surface area contributed by atoms with Gasteiger partial charge in [-0.1, -0.05) is 83.0 Å². The van der Waals surface area contributed by atoms with Crippen LogP contribution < -0.4 is 20.1 Å². The Morgan fingerprint density at radius 2 is 1.65 bits per heavy atom. The van der Waals surface area contributed by atoms with E-state index in [1.165, 1.54) is 32.0 Å². The van der Waals surface area contributed by atoms with Crippen molar-refractivity contribution in [3.8, 4) is 11.5 Å². The van der Waals surface area contributed by atoms with E-state index in [0.29, 0.717) is 40.6 Å². The number of methoxy groups -OCH3 is 2. The van der Waals surface area contributed by atoms with E-state index in [1.807, 2.05) is 20.8 Å². The van der Waals surface area contributed by atoms with Gasteiger partial charge in [0, 0.05) is 37.3 Å². The quantitative estimate of drug-likeness (QED) is 0.186. The fraction of sp³-hybridized carbons (Fsp3) is 0.692. The Kier molecular flexibility index (Phi) is 12.6. The van der Waals surface area contributed by atoms with Gasteiger partial charge in [0.1, 0.15) is 23.6 Å². The van der Waals surface area contributed by atoms with Crippen LogP contribution in [0.1, 0.15) is 117 Å². The number of Topliss-reactive ketones (excluding diaryl/α,β-unsaturated/α-hetero) is 2. The normalized spacial score (nSPS) is 23.2. The number of amides is 3. The zero-order valence-electron chi connectivity index (χ0n) is 31.5. The Morgan fingerprint density at radius 3 is 2.25 bits per heavy atom. The number of rotatable bonds is 14. The van der Waals surface area contributed by atoms with Gasteiger partial charge in [0.2, 0.25) is 23.5 Å². The van der Waals surface area contributed by atoms with E-state index < -0.39 is 52.5 Å². The van der Waals surface area contributed by atoms with Crippen molar-refractivity contribution in [1.82, 2.24) is 15.5 Å². The number of carbonyl (C=O) groups is 5. The predicted octanol–water partition coefficient (Wildman–Crippen LogP) is 5.55. The van der Waals surface area contributed by atoms with Crippen LogP contribution >= 0.6 is 11.6 Å². The molecule has 1 aromatic carbocycles. The van der Waals surface area contributed by atoms with Crippen molar-refractivity contribution < 1.29 is 38.3 Å². The molecule has 2 saturated carbocycles. The number of carbonyl (C=O) groups excluding carboxylic acids is 5. The van der Waals surface area contributed by atoms with Crippen molar-refractivity contribution >= 4 is 46.6 Å². The summed E-state index contributed by atoms with van der Waals surface area (Å²) in [6.07, 6.45) is 9.42. The molecule has 4 aliphatic rings. The summed E-state index contributed by atoms with van der Waals surface area (Å²) in [5.74, 6) is -0.916. The molecule has 3 amide bonds. The lowest BCUT2D eigenvalue weighted by molar-refractivity contribution is -0.145. The number of likely N-dealkylation sites (tertiary alicyclic amines) is 1. The minimum absolute atomic E-state index is 0.00330. The third kappa shape index (κ3) is 9.27. The zero-order valence-corrected chi connectivity index (χ0v) is 32.2. The number of ether oxygens (including phenoxy) is 2. The highest BCUT2D eigenvalue weighted by Crippen LogP contribution is 2.43. The molecule has 2 N–H and O–H groups in total. The molecule has 0 unspecified atom stereocenters. The molecule has 1 aromatic rings. The van der Waals surface area contributed by atoms with E-state index in [-0.39, 0.29) is 43.6 Å². The topological polar surface area (TPSA) is 153 Å². The monoisotopic (exact) mass is 742 g/mol. The summed E-state index contributed by atoms with van der Waals surface area (Å²) < 4.78 is 11.0. The van der Waals surface area contributed by atoms with E-state index in [4.69, 9.17) is 25.9 Å². The van der Waals surface area contributed by atoms with Crippen LogP contribution in [0.3, 0.4) is 0 Å². The SMILES string of the molecule is CCC(=O)C(=O)[C@H](CC1CC1)NC(=O)[C@@H]1C[C@]2(CC(c3cc(Cl)c(OC)cc3OC)=NO2)CN1C(=O)[C@@H](NC(=O)CC1CCCCCC1)C(C)(C)C. The Morgan fingerprint density at radius 1 is 0.981 bits per heavy atom. The predicted molar refractivity (Wildman–Crippen MR) is 196 cm³/mol. The van der Waals surface area contributed by atoms with E-state index in [1.54, 1.807) is 19.1 Å². The van der Waals surface area contributed by atoms with Crippen molar-refractivity contribution in [2.45, 2.75) is 135 Å². The molecule has 0 aromatic heterocycles. The molecule has 13 heteroatoms. The lowest BCUT2D eigenvalue weighted by Crippen LogP contribution is -2.59. The minimum atomic E-state index is -1.09. The van der Waals surface area contributed by atoms with Crippen molar-refractivity contribution in [2.24, 2.45) is 22.4 Å². The highest BCUT2D eigenvalue weighted by atomic mass is 35.5. The Hall–Kier alpha value is -3.67. The second-order valence-corrected chi connectivity index (χ2v) is 16.6. The van der Waals surface area contributed by atoms with Gasteiger partial charge in [0.05, 0.1) is 37.5 Å². The minimum Gasteiger partial charge on any atom is -0.496 e. The van der Waals surface area contributed by atoms with Crippen molar-refractivity contribution in [3.63, 3.8) is 0 Å². The first-order valence-corrected chi connectivity index (χ1v) is 19.2. The molecule has 1 spiro atoms. The lowest BCUT2D eigenvalue weighted by atomic mass is 9.85. The first-order chi connectivity index (χ1) is 24.7. The fourth-order valence-electron chi connectivity index (χ4n) is 7.78. The van der Waals surface area contributed by atoms with Gasteiger partial charge < -0.3 is 29.8 Å². The zero-order chi connectivity index (χ0) is 37.8. The molecule has 5 rings (SSSR count). The Balaban J connectivity index is 1.43. The molecule has 0 radical (unpaired) electrons. The molecule has 286 valence electrons. The number of oxime groups is 1. The number of ketones is 2. The second kappa shape index (κ2) is 16.6. The van der Waals surface area contributed by atoms with Crippen LogP contribution in [-0.4, -0.2) is 84.4 Å². The number of benzene rings is 1. The summed E-state index contributed by atoms with van der Waals surface area (Å²) in [5.41, 5.74) is -0.681. The van der Waals surface area contributed by atoms with E-state index >= 15 is 0 Å². The standard InChI is InChI=1S/C39H55ClN4O8/c1-7-30(45)34(47)27(16-24-14-15-24)41-36(48)29-21-39(20-28(43-52-39)25-18-26(40)32(51-6)19-31(25)50-5)22-44(29)37(49)35(38(2,3)4)42-33(46)17-23-12-10-8-9-11-13-23/h18-19,23-24,27,29,35H,7-17,20-22H2,1-6H3,(H,41,48)(H,42,46)/t27-,29-,35+,39+/m0/s1. The molecule has 1 saturated heterocycles. The summed E-state index contributed by atoms with van der Waals surface area (Å²) >= 11 is 6.48. The van der Waals surface area contributed by atoms with E-state index in [9.17, 15) is 24.0 Å². The number of nitrogens with zero attached hydrogens (tertiary/aromatic N) is 2. The molecular weight excluding hydrogens is 688 g/mol. The fourth-order valence-corrected chi connectivity index (χ4v) is 8.02. The van der Waals surface area contributed by atoms with E-state index in [0.717, 1.165) is 38.5 Å². The van der Waals surface area contributed by atoms with Crippen molar-refractivity contribution in [1.29, 1.82) is 0 Å². The summed E-state index contributed by atoms with van der Waals surface area (Å²) in [4.78, 5) is 75.8. The average molecular weight is 743 g/mol. The van der Waals surface area contributed by atoms with Crippen molar-refractivity contribution in [3.05, 3.63) is 22.7 Å². The molecule has 4 atom stereocenters. The summed E-state index contributed by atoms with van der Waals surface area (Å²) in [6.45, 7) is 7.28. The molecule has 52 heavy (non-hydrogen) atoms. The third-order valence-electron chi connectivity index (χ3n) is 11.0. The smallest absolute Gasteiger partial charge is 0.246 e. The van der Waals surface area contributed by atoms with Crippen molar-refractivity contribution in [2.75, 3.05) is 20.8 Å². The van der Waals surface area contributed by atoms with Crippen LogP contribution in [0, 0.1) is 17.3 Å². The average Bonchev–Trinajstić information content (AvgIpc) is 3.80. The van der Waals surface area contributed by atoms with Gasteiger partial charge in [0.25, 0.3) is 0 Å². The number of halogens is 1. The molecule has 2 aliphatic heterocycles. The van der Waals surface area contributed by atoms with Gasteiger partial charge in [0.15, 0.2) is 11.4 Å². The third-order valence-corrected chi connectivity index (χ3v) is 11.3. The molecule has 2 heterocycles. The summed E-state index contributed by atoms with van der Waals surface area (Å²) in [7, 11) is 3.03. The first-order valence-electron chi connectivity index (χ1n) is 18.8. The molecule has 0 bridgehead atoms. The van der Waals surface area contributed by atoms with Gasteiger partial charge in [-0.15, -0.1) is 0 Å². The maximum absolute atomic E-state index is 14.7. The molecule has 2 aliphatic carbocycles. The summed E-state index contributed by atoms with van der Waals surface area (Å²) in [5, 5.41) is 10.7. The largest absolute Gasteiger partial charge is 0.496 e. The highest BCUT2D eigenvalue weighted by molar-refractivity contribution is 6.39. The van der Waals surface area contributed by atoms with E-state index in [2.05, 4.69) is 15.8 Å². The Labute approximate surface area is 312 Å². The second-order valence-electron chi connectivity index (χ2n) is 16.2. The molecular formula is C39H55ClN4O8. The van der Waals surface area contributed by atoms with Crippen LogP contribution in [0.25, 0.3) is 0 Å². The maximum atomic E-state index is 14.7. The van der Waals surface area contributed by atoms with Gasteiger partial charge >= 0.3 is 0 Å². The van der Waals surface area contributed by atoms with Crippen LogP contribution in [-0.2, 0) is 28.8 Å². The molecule has 12 nitrogen and oxygen atoms in total. The van der Waals surface area contributed by atoms with Gasteiger partial charge in [-0.05, 0) is 42.6 Å². The van der Waals surface area contributed by atoms with Crippen LogP contribution in [0.5, 0.6) is 11.5 Å². The van der Waals surface area contributed by atoms with Gasteiger partial charge in [-0.2, -0.15) is 0 Å². The first kappa shape index (κ1) is 39.5. The summed E-state index contributed by atoms with van der Waals surface area (Å²) in [6, 6.07) is 0.357. The number of hydrogen-bond acceptors (Lipinski definition) is 9. The van der Waals surface area contributed by atoms with Gasteiger partial charge in [-0.3, -0.25) is 24.0 Å². The van der Waals surface area contributed by atoms with Crippen LogP contribution in [0.2, 0.25) is 5.02 Å². The number of hydrogen-bond donors (Lipinski definition) is 2. The molecule has 3 fully saturated rings. The highest BCUT2D eigenvalue weighted by Gasteiger charge is 2.56. The van der Waals surface area contributed by atoms with Crippen LogP contribution in [0.15, 0.2) is 17.3 Å².